The molecule has 1 fully saturated rings. The lowest BCUT2D eigenvalue weighted by atomic mass is 10.0. The van der Waals surface area contributed by atoms with Gasteiger partial charge in [0.2, 0.25) is 0 Å². The van der Waals surface area contributed by atoms with Gasteiger partial charge in [-0.3, -0.25) is 0 Å². The lowest BCUT2D eigenvalue weighted by molar-refractivity contribution is 0.584. The molecule has 17 heavy (non-hydrogen) atoms. The SMILES string of the molecule is CC(C)c1cnc(N2CCNCC2)c(C#N)c1. The Bertz CT molecular complexity index is 428. The van der Waals surface area contributed by atoms with Crippen molar-refractivity contribution in [1.82, 2.24) is 10.3 Å². The van der Waals surface area contributed by atoms with Crippen LogP contribution in [-0.2, 0) is 0 Å². The predicted molar refractivity (Wildman–Crippen MR) is 68.1 cm³/mol. The fourth-order valence-corrected chi connectivity index (χ4v) is 2.00. The lowest BCUT2D eigenvalue weighted by Crippen LogP contribution is -2.44. The van der Waals surface area contributed by atoms with E-state index in [1.165, 1.54) is 0 Å². The molecule has 0 bridgehead atoms. The summed E-state index contributed by atoms with van der Waals surface area (Å²) in [6.07, 6.45) is 1.89. The second kappa shape index (κ2) is 5.15. The van der Waals surface area contributed by atoms with Gasteiger partial charge in [-0.1, -0.05) is 13.8 Å². The van der Waals surface area contributed by atoms with Crippen LogP contribution >= 0.6 is 0 Å². The van der Waals surface area contributed by atoms with Crippen LogP contribution < -0.4 is 10.2 Å². The molecule has 0 radical (unpaired) electrons. The summed E-state index contributed by atoms with van der Waals surface area (Å²) in [7, 11) is 0. The Morgan fingerprint density at radius 2 is 2.12 bits per heavy atom. The van der Waals surface area contributed by atoms with Crippen molar-refractivity contribution >= 4 is 5.82 Å². The number of anilines is 1. The molecule has 2 rings (SSSR count). The maximum Gasteiger partial charge on any atom is 0.146 e. The van der Waals surface area contributed by atoms with E-state index < -0.39 is 0 Å². The number of aromatic nitrogens is 1. The minimum Gasteiger partial charge on any atom is -0.353 e. The van der Waals surface area contributed by atoms with Crippen LogP contribution in [0.3, 0.4) is 0 Å². The fourth-order valence-electron chi connectivity index (χ4n) is 2.00. The zero-order valence-electron chi connectivity index (χ0n) is 10.4. The highest BCUT2D eigenvalue weighted by atomic mass is 15.2. The van der Waals surface area contributed by atoms with Gasteiger partial charge in [0.25, 0.3) is 0 Å². The molecule has 90 valence electrons. The normalized spacial score (nSPS) is 16.0. The van der Waals surface area contributed by atoms with Crippen molar-refractivity contribution in [2.24, 2.45) is 0 Å². The first-order valence-electron chi connectivity index (χ1n) is 6.08. The molecule has 4 nitrogen and oxygen atoms in total. The van der Waals surface area contributed by atoms with E-state index in [1.807, 2.05) is 12.3 Å². The zero-order chi connectivity index (χ0) is 12.3. The number of nitriles is 1. The second-order valence-electron chi connectivity index (χ2n) is 4.64. The monoisotopic (exact) mass is 230 g/mol. The summed E-state index contributed by atoms with van der Waals surface area (Å²) in [5, 5.41) is 12.5. The van der Waals surface area contributed by atoms with Crippen molar-refractivity contribution in [2.75, 3.05) is 31.1 Å². The summed E-state index contributed by atoms with van der Waals surface area (Å²) in [5.41, 5.74) is 1.82. The highest BCUT2D eigenvalue weighted by molar-refractivity contribution is 5.55. The summed E-state index contributed by atoms with van der Waals surface area (Å²) in [5.74, 6) is 1.24. The van der Waals surface area contributed by atoms with Crippen LogP contribution in [0.2, 0.25) is 0 Å². The van der Waals surface area contributed by atoms with E-state index in [0.717, 1.165) is 37.6 Å². The number of hydrogen-bond acceptors (Lipinski definition) is 4. The minimum atomic E-state index is 0.409. The molecule has 1 aliphatic heterocycles. The summed E-state index contributed by atoms with van der Waals surface area (Å²) in [6.45, 7) is 7.98. The van der Waals surface area contributed by atoms with Crippen LogP contribution in [0.15, 0.2) is 12.3 Å². The Morgan fingerprint density at radius 1 is 1.41 bits per heavy atom. The molecule has 1 aromatic heterocycles. The third kappa shape index (κ3) is 2.56. The van der Waals surface area contributed by atoms with E-state index in [4.69, 9.17) is 0 Å². The van der Waals surface area contributed by atoms with Crippen molar-refractivity contribution in [3.63, 3.8) is 0 Å². The summed E-state index contributed by atoms with van der Waals surface area (Å²) < 4.78 is 0. The highest BCUT2D eigenvalue weighted by Gasteiger charge is 2.16. The summed E-state index contributed by atoms with van der Waals surface area (Å²) >= 11 is 0. The van der Waals surface area contributed by atoms with Crippen molar-refractivity contribution < 1.29 is 0 Å². The van der Waals surface area contributed by atoms with Gasteiger partial charge in [0.05, 0.1) is 5.56 Å². The first kappa shape index (κ1) is 11.9. The van der Waals surface area contributed by atoms with Gasteiger partial charge in [-0.2, -0.15) is 5.26 Å². The molecule has 0 aromatic carbocycles. The van der Waals surface area contributed by atoms with Gasteiger partial charge in [-0.05, 0) is 17.5 Å². The largest absolute Gasteiger partial charge is 0.353 e. The van der Waals surface area contributed by atoms with Gasteiger partial charge >= 0.3 is 0 Å². The zero-order valence-corrected chi connectivity index (χ0v) is 10.4. The quantitative estimate of drug-likeness (QED) is 0.836. The summed E-state index contributed by atoms with van der Waals surface area (Å²) in [6, 6.07) is 4.23. The number of hydrogen-bond donors (Lipinski definition) is 1. The van der Waals surface area contributed by atoms with E-state index >= 15 is 0 Å². The molecule has 1 N–H and O–H groups in total. The van der Waals surface area contributed by atoms with Gasteiger partial charge in [-0.15, -0.1) is 0 Å². The van der Waals surface area contributed by atoms with Crippen molar-refractivity contribution in [3.8, 4) is 6.07 Å². The van der Waals surface area contributed by atoms with Gasteiger partial charge in [0, 0.05) is 32.4 Å². The third-order valence-electron chi connectivity index (χ3n) is 3.09. The standard InChI is InChI=1S/C13H18N4/c1-10(2)12-7-11(8-14)13(16-9-12)17-5-3-15-4-6-17/h7,9-10,15H,3-6H2,1-2H3. The van der Waals surface area contributed by atoms with E-state index in [-0.39, 0.29) is 0 Å². The molecular formula is C13H18N4. The first-order chi connectivity index (χ1) is 8.22. The average molecular weight is 230 g/mol. The second-order valence-corrected chi connectivity index (χ2v) is 4.64. The maximum atomic E-state index is 9.22. The third-order valence-corrected chi connectivity index (χ3v) is 3.09. The van der Waals surface area contributed by atoms with E-state index in [1.54, 1.807) is 0 Å². The molecule has 2 heterocycles. The number of nitrogens with one attached hydrogen (secondary N) is 1. The average Bonchev–Trinajstić information content (AvgIpc) is 2.39. The van der Waals surface area contributed by atoms with Crippen LogP contribution in [0.5, 0.6) is 0 Å². The molecule has 1 aliphatic rings. The van der Waals surface area contributed by atoms with E-state index in [9.17, 15) is 5.26 Å². The Morgan fingerprint density at radius 3 is 2.71 bits per heavy atom. The molecule has 0 atom stereocenters. The Hall–Kier alpha value is -1.60. The van der Waals surface area contributed by atoms with Gasteiger partial charge < -0.3 is 10.2 Å². The highest BCUT2D eigenvalue weighted by Crippen LogP contribution is 2.22. The first-order valence-corrected chi connectivity index (χ1v) is 6.08. The molecule has 1 saturated heterocycles. The van der Waals surface area contributed by atoms with Gasteiger partial charge in [0.1, 0.15) is 11.9 Å². The predicted octanol–water partition coefficient (Wildman–Crippen LogP) is 1.49. The van der Waals surface area contributed by atoms with Gasteiger partial charge in [0.15, 0.2) is 0 Å². The van der Waals surface area contributed by atoms with Crippen LogP contribution in [0, 0.1) is 11.3 Å². The number of nitrogens with zero attached hydrogens (tertiary/aromatic N) is 3. The topological polar surface area (TPSA) is 52.0 Å². The Labute approximate surface area is 102 Å². The number of rotatable bonds is 2. The lowest BCUT2D eigenvalue weighted by Gasteiger charge is -2.29. The molecule has 4 heteroatoms. The molecule has 1 aromatic rings. The van der Waals surface area contributed by atoms with E-state index in [2.05, 4.69) is 35.1 Å². The number of pyridine rings is 1. The van der Waals surface area contributed by atoms with Crippen molar-refractivity contribution in [3.05, 3.63) is 23.4 Å². The van der Waals surface area contributed by atoms with E-state index in [0.29, 0.717) is 11.5 Å². The maximum absolute atomic E-state index is 9.22. The summed E-state index contributed by atoms with van der Waals surface area (Å²) in [4.78, 5) is 6.65. The molecule has 0 unspecified atom stereocenters. The van der Waals surface area contributed by atoms with Crippen LogP contribution in [0.4, 0.5) is 5.82 Å². The van der Waals surface area contributed by atoms with Gasteiger partial charge in [-0.25, -0.2) is 4.98 Å². The molecule has 0 aliphatic carbocycles. The Balaban J connectivity index is 2.30. The van der Waals surface area contributed by atoms with Crippen molar-refractivity contribution in [1.29, 1.82) is 5.26 Å². The molecule has 0 amide bonds. The van der Waals surface area contributed by atoms with Crippen LogP contribution in [0.1, 0.15) is 30.9 Å². The smallest absolute Gasteiger partial charge is 0.146 e. The molecule has 0 saturated carbocycles. The minimum absolute atomic E-state index is 0.409. The Kier molecular flexibility index (Phi) is 3.60. The number of piperazine rings is 1. The molecule has 0 spiro atoms. The van der Waals surface area contributed by atoms with Crippen LogP contribution in [0.25, 0.3) is 0 Å². The van der Waals surface area contributed by atoms with Crippen LogP contribution in [-0.4, -0.2) is 31.2 Å². The van der Waals surface area contributed by atoms with Crippen molar-refractivity contribution in [2.45, 2.75) is 19.8 Å². The fraction of sp³-hybridized carbons (Fsp3) is 0.538. The molecular weight excluding hydrogens is 212 g/mol.